The van der Waals surface area contributed by atoms with E-state index in [1.807, 2.05) is 43.0 Å². The van der Waals surface area contributed by atoms with E-state index in [1.165, 1.54) is 37.0 Å². The molecule has 2 aromatic heterocycles. The molecule has 0 spiro atoms. The normalized spacial score (nSPS) is 19.9. The number of carbonyl (C=O) groups excluding carboxylic acids is 1. The van der Waals surface area contributed by atoms with Gasteiger partial charge in [-0.05, 0) is 58.7 Å². The largest absolute Gasteiger partial charge is 0.341 e. The van der Waals surface area contributed by atoms with E-state index in [4.69, 9.17) is 0 Å². The Morgan fingerprint density at radius 2 is 1.81 bits per heavy atom. The molecular formula is C24H30N4O2S. The molecule has 7 heteroatoms. The summed E-state index contributed by atoms with van der Waals surface area (Å²) in [6.07, 6.45) is 5.98. The molecule has 1 aromatic carbocycles. The van der Waals surface area contributed by atoms with Gasteiger partial charge in [0.2, 0.25) is 5.91 Å². The lowest BCUT2D eigenvalue weighted by Gasteiger charge is -2.40. The number of aromatic nitrogens is 2. The van der Waals surface area contributed by atoms with Gasteiger partial charge in [-0.15, -0.1) is 11.3 Å². The topological polar surface area (TPSA) is 58.4 Å². The Balaban J connectivity index is 1.38. The molecule has 1 unspecified atom stereocenters. The van der Waals surface area contributed by atoms with Crippen molar-refractivity contribution in [3.63, 3.8) is 0 Å². The molecule has 2 saturated heterocycles. The van der Waals surface area contributed by atoms with Crippen LogP contribution in [0.1, 0.15) is 50.8 Å². The fourth-order valence-electron chi connectivity index (χ4n) is 5.25. The van der Waals surface area contributed by atoms with Crippen LogP contribution in [0.5, 0.6) is 0 Å². The Morgan fingerprint density at radius 1 is 1.10 bits per heavy atom. The third-order valence-corrected chi connectivity index (χ3v) is 8.29. The van der Waals surface area contributed by atoms with E-state index in [1.54, 1.807) is 11.3 Å². The number of carbonyl (C=O) groups is 1. The van der Waals surface area contributed by atoms with Crippen molar-refractivity contribution in [1.29, 1.82) is 0 Å². The van der Waals surface area contributed by atoms with Crippen molar-refractivity contribution in [2.24, 2.45) is 0 Å². The zero-order valence-electron chi connectivity index (χ0n) is 18.3. The first kappa shape index (κ1) is 20.6. The molecule has 4 heterocycles. The molecule has 3 aromatic rings. The number of piperidine rings is 2. The highest BCUT2D eigenvalue weighted by atomic mass is 32.1. The number of thiophene rings is 1. The summed E-state index contributed by atoms with van der Waals surface area (Å²) < 4.78 is 3.41. The molecule has 2 aliphatic heterocycles. The molecule has 2 aliphatic rings. The van der Waals surface area contributed by atoms with E-state index in [2.05, 4.69) is 10.00 Å². The molecule has 6 nitrogen and oxygen atoms in total. The van der Waals surface area contributed by atoms with Crippen molar-refractivity contribution in [2.45, 2.75) is 58.0 Å². The average Bonchev–Trinajstić information content (AvgIpc) is 3.22. The third kappa shape index (κ3) is 3.68. The second kappa shape index (κ2) is 8.36. The summed E-state index contributed by atoms with van der Waals surface area (Å²) in [7, 11) is 0. The lowest BCUT2D eigenvalue weighted by Crippen LogP contribution is -2.50. The van der Waals surface area contributed by atoms with Gasteiger partial charge in [0.05, 0.1) is 15.8 Å². The third-order valence-electron chi connectivity index (χ3n) is 7.01. The van der Waals surface area contributed by atoms with E-state index in [-0.39, 0.29) is 11.5 Å². The van der Waals surface area contributed by atoms with Crippen molar-refractivity contribution < 1.29 is 4.79 Å². The predicted molar refractivity (Wildman–Crippen MR) is 126 cm³/mol. The van der Waals surface area contributed by atoms with Crippen molar-refractivity contribution in [3.8, 4) is 0 Å². The monoisotopic (exact) mass is 438 g/mol. The molecule has 0 radical (unpaired) electrons. The van der Waals surface area contributed by atoms with Crippen LogP contribution < -0.4 is 5.56 Å². The summed E-state index contributed by atoms with van der Waals surface area (Å²) in [5.41, 5.74) is 0.640. The highest BCUT2D eigenvalue weighted by molar-refractivity contribution is 7.26. The summed E-state index contributed by atoms with van der Waals surface area (Å²) in [6.45, 7) is 7.66. The van der Waals surface area contributed by atoms with Crippen molar-refractivity contribution >= 4 is 37.4 Å². The summed E-state index contributed by atoms with van der Waals surface area (Å²) in [6, 6.07) is 7.95. The van der Waals surface area contributed by atoms with Crippen LogP contribution >= 0.6 is 11.3 Å². The second-order valence-electron chi connectivity index (χ2n) is 8.97. The SMILES string of the molecule is Cc1nn(C(C)C(=O)N2CCC(N3CCCCC3)CC2)c(=O)c2c1sc1ccccc12. The molecular weight excluding hydrogens is 408 g/mol. The van der Waals surface area contributed by atoms with Gasteiger partial charge >= 0.3 is 0 Å². The Kier molecular flexibility index (Phi) is 5.56. The number of likely N-dealkylation sites (tertiary alicyclic amines) is 2. The molecule has 0 N–H and O–H groups in total. The number of rotatable bonds is 3. The molecule has 0 aliphatic carbocycles. The number of hydrogen-bond acceptors (Lipinski definition) is 5. The van der Waals surface area contributed by atoms with E-state index >= 15 is 0 Å². The van der Waals surface area contributed by atoms with Gasteiger partial charge in [0.25, 0.3) is 5.56 Å². The van der Waals surface area contributed by atoms with Gasteiger partial charge in [0, 0.05) is 29.2 Å². The molecule has 1 atom stereocenters. The fourth-order valence-corrected chi connectivity index (χ4v) is 6.38. The van der Waals surface area contributed by atoms with Crippen LogP contribution in [0.2, 0.25) is 0 Å². The van der Waals surface area contributed by atoms with Crippen molar-refractivity contribution in [2.75, 3.05) is 26.2 Å². The van der Waals surface area contributed by atoms with Crippen LogP contribution in [0.25, 0.3) is 20.2 Å². The highest BCUT2D eigenvalue weighted by Crippen LogP contribution is 2.33. The van der Waals surface area contributed by atoms with E-state index < -0.39 is 6.04 Å². The zero-order valence-corrected chi connectivity index (χ0v) is 19.2. The molecule has 0 saturated carbocycles. The Morgan fingerprint density at radius 3 is 2.55 bits per heavy atom. The summed E-state index contributed by atoms with van der Waals surface area (Å²) in [4.78, 5) is 31.2. The molecule has 2 fully saturated rings. The number of fused-ring (bicyclic) bond motifs is 3. The molecule has 1 amide bonds. The van der Waals surface area contributed by atoms with Gasteiger partial charge in [0.15, 0.2) is 0 Å². The van der Waals surface area contributed by atoms with Crippen molar-refractivity contribution in [3.05, 3.63) is 40.3 Å². The first-order valence-electron chi connectivity index (χ1n) is 11.5. The van der Waals surface area contributed by atoms with E-state index in [9.17, 15) is 9.59 Å². The second-order valence-corrected chi connectivity index (χ2v) is 10.0. The standard InChI is InChI=1S/C24H30N4O2S/c1-16-22-21(19-8-4-5-9-20(19)31-22)24(30)28(25-16)17(2)23(29)27-14-10-18(11-15-27)26-12-6-3-7-13-26/h4-5,8-9,17-18H,3,6-7,10-15H2,1-2H3. The van der Waals surface area contributed by atoms with Gasteiger partial charge in [-0.25, -0.2) is 4.68 Å². The number of nitrogens with zero attached hydrogens (tertiary/aromatic N) is 4. The van der Waals surface area contributed by atoms with Gasteiger partial charge in [0.1, 0.15) is 6.04 Å². The first-order chi connectivity index (χ1) is 15.0. The zero-order chi connectivity index (χ0) is 21.5. The van der Waals surface area contributed by atoms with Crippen molar-refractivity contribution in [1.82, 2.24) is 19.6 Å². The van der Waals surface area contributed by atoms with Crippen LogP contribution in [-0.4, -0.2) is 57.7 Å². The minimum absolute atomic E-state index is 0.00461. The maximum absolute atomic E-state index is 13.4. The van der Waals surface area contributed by atoms with Crippen LogP contribution in [0, 0.1) is 6.92 Å². The van der Waals surface area contributed by atoms with Crippen LogP contribution in [0.3, 0.4) is 0 Å². The maximum atomic E-state index is 13.4. The Labute approximate surface area is 186 Å². The van der Waals surface area contributed by atoms with Gasteiger partial charge < -0.3 is 9.80 Å². The smallest absolute Gasteiger partial charge is 0.276 e. The highest BCUT2D eigenvalue weighted by Gasteiger charge is 2.31. The first-order valence-corrected chi connectivity index (χ1v) is 12.3. The average molecular weight is 439 g/mol. The predicted octanol–water partition coefficient (Wildman–Crippen LogP) is 3.96. The van der Waals surface area contributed by atoms with Gasteiger partial charge in [-0.1, -0.05) is 24.6 Å². The van der Waals surface area contributed by atoms with Crippen LogP contribution in [0.4, 0.5) is 0 Å². The molecule has 31 heavy (non-hydrogen) atoms. The Hall–Kier alpha value is -2.25. The minimum Gasteiger partial charge on any atom is -0.341 e. The molecule has 164 valence electrons. The Bertz CT molecular complexity index is 1170. The van der Waals surface area contributed by atoms with E-state index in [0.29, 0.717) is 11.4 Å². The number of hydrogen-bond donors (Lipinski definition) is 0. The number of benzene rings is 1. The quantitative estimate of drug-likeness (QED) is 0.621. The van der Waals surface area contributed by atoms with Crippen LogP contribution in [-0.2, 0) is 4.79 Å². The number of amides is 1. The van der Waals surface area contributed by atoms with Gasteiger partial charge in [-0.3, -0.25) is 9.59 Å². The lowest BCUT2D eigenvalue weighted by atomic mass is 9.99. The summed E-state index contributed by atoms with van der Waals surface area (Å²) in [5, 5.41) is 6.20. The van der Waals surface area contributed by atoms with Gasteiger partial charge in [-0.2, -0.15) is 5.10 Å². The fraction of sp³-hybridized carbons (Fsp3) is 0.542. The lowest BCUT2D eigenvalue weighted by molar-refractivity contribution is -0.136. The van der Waals surface area contributed by atoms with Crippen LogP contribution in [0.15, 0.2) is 29.1 Å². The summed E-state index contributed by atoms with van der Waals surface area (Å²) in [5.74, 6) is 0.00461. The summed E-state index contributed by atoms with van der Waals surface area (Å²) >= 11 is 1.60. The molecule has 5 rings (SSSR count). The number of aryl methyl sites for hydroxylation is 1. The molecule has 0 bridgehead atoms. The maximum Gasteiger partial charge on any atom is 0.276 e. The van der Waals surface area contributed by atoms with E-state index in [0.717, 1.165) is 46.4 Å². The minimum atomic E-state index is -0.596.